The molecule has 4 nitrogen and oxygen atoms in total. The topological polar surface area (TPSA) is 45.2 Å². The SMILES string of the molecule is CCCCC(=O)NC1CCN(c2ccc(C(F)(F)F)cn2)C1. The normalized spacial score (nSPS) is 18.5. The number of carbonyl (C=O) groups is 1. The Bertz CT molecular complexity index is 502. The Morgan fingerprint density at radius 1 is 1.45 bits per heavy atom. The van der Waals surface area contributed by atoms with Crippen molar-refractivity contribution < 1.29 is 18.0 Å². The fourth-order valence-electron chi connectivity index (χ4n) is 2.46. The number of amides is 1. The highest BCUT2D eigenvalue weighted by Gasteiger charge is 2.31. The van der Waals surface area contributed by atoms with Crippen LogP contribution in [0, 0.1) is 0 Å². The van der Waals surface area contributed by atoms with Crippen LogP contribution >= 0.6 is 0 Å². The molecule has 0 bridgehead atoms. The van der Waals surface area contributed by atoms with Crippen LogP contribution in [-0.4, -0.2) is 30.0 Å². The maximum atomic E-state index is 12.5. The fourth-order valence-corrected chi connectivity index (χ4v) is 2.46. The van der Waals surface area contributed by atoms with Gasteiger partial charge in [0.25, 0.3) is 0 Å². The lowest BCUT2D eigenvalue weighted by molar-refractivity contribution is -0.137. The molecule has 0 radical (unpaired) electrons. The molecule has 0 saturated carbocycles. The number of rotatable bonds is 5. The largest absolute Gasteiger partial charge is 0.417 e. The molecule has 7 heteroatoms. The Labute approximate surface area is 127 Å². The molecule has 0 aromatic carbocycles. The first-order valence-corrected chi connectivity index (χ1v) is 7.47. The van der Waals surface area contributed by atoms with Gasteiger partial charge < -0.3 is 10.2 Å². The second-order valence-electron chi connectivity index (χ2n) is 5.51. The zero-order valence-electron chi connectivity index (χ0n) is 12.5. The standard InChI is InChI=1S/C15H20F3N3O/c1-2-3-4-14(22)20-12-7-8-21(10-12)13-6-5-11(9-19-13)15(16,17)18/h5-6,9,12H,2-4,7-8,10H2,1H3,(H,20,22). The number of pyridine rings is 1. The third-order valence-electron chi connectivity index (χ3n) is 3.71. The van der Waals surface area contributed by atoms with Crippen molar-refractivity contribution in [3.8, 4) is 0 Å². The van der Waals surface area contributed by atoms with E-state index in [9.17, 15) is 18.0 Å². The molecular weight excluding hydrogens is 295 g/mol. The lowest BCUT2D eigenvalue weighted by Crippen LogP contribution is -2.37. The second kappa shape index (κ2) is 6.98. The summed E-state index contributed by atoms with van der Waals surface area (Å²) in [6.07, 6.45) is -0.386. The summed E-state index contributed by atoms with van der Waals surface area (Å²) in [6.45, 7) is 3.29. The summed E-state index contributed by atoms with van der Waals surface area (Å²) in [4.78, 5) is 17.5. The summed E-state index contributed by atoms with van der Waals surface area (Å²) in [5, 5.41) is 2.96. The molecule has 0 spiro atoms. The molecule has 1 saturated heterocycles. The lowest BCUT2D eigenvalue weighted by Gasteiger charge is -2.18. The lowest BCUT2D eigenvalue weighted by atomic mass is 10.2. The van der Waals surface area contributed by atoms with Crippen LogP contribution in [0.3, 0.4) is 0 Å². The molecule has 1 aromatic rings. The highest BCUT2D eigenvalue weighted by atomic mass is 19.4. The van der Waals surface area contributed by atoms with Crippen LogP contribution in [-0.2, 0) is 11.0 Å². The van der Waals surface area contributed by atoms with Crippen molar-refractivity contribution in [3.63, 3.8) is 0 Å². The van der Waals surface area contributed by atoms with Gasteiger partial charge in [-0.05, 0) is 25.0 Å². The first kappa shape index (κ1) is 16.6. The van der Waals surface area contributed by atoms with Gasteiger partial charge >= 0.3 is 6.18 Å². The first-order valence-electron chi connectivity index (χ1n) is 7.47. The van der Waals surface area contributed by atoms with E-state index in [-0.39, 0.29) is 11.9 Å². The molecule has 1 aromatic heterocycles. The van der Waals surface area contributed by atoms with Crippen LogP contribution in [0.15, 0.2) is 18.3 Å². The van der Waals surface area contributed by atoms with Crippen LogP contribution in [0.25, 0.3) is 0 Å². The maximum Gasteiger partial charge on any atom is 0.417 e. The summed E-state index contributed by atoms with van der Waals surface area (Å²) < 4.78 is 37.5. The van der Waals surface area contributed by atoms with Crippen LogP contribution in [0.4, 0.5) is 19.0 Å². The number of aromatic nitrogens is 1. The van der Waals surface area contributed by atoms with Crippen molar-refractivity contribution in [2.75, 3.05) is 18.0 Å². The number of anilines is 1. The van der Waals surface area contributed by atoms with Crippen LogP contribution in [0.1, 0.15) is 38.2 Å². The van der Waals surface area contributed by atoms with Crippen molar-refractivity contribution in [2.24, 2.45) is 0 Å². The molecule has 1 fully saturated rings. The number of carbonyl (C=O) groups excluding carboxylic acids is 1. The Hall–Kier alpha value is -1.79. The Morgan fingerprint density at radius 2 is 2.23 bits per heavy atom. The number of alkyl halides is 3. The van der Waals surface area contributed by atoms with Crippen LogP contribution in [0.5, 0.6) is 0 Å². The number of hydrogen-bond acceptors (Lipinski definition) is 3. The maximum absolute atomic E-state index is 12.5. The molecule has 22 heavy (non-hydrogen) atoms. The Kier molecular flexibility index (Phi) is 5.26. The quantitative estimate of drug-likeness (QED) is 0.908. The van der Waals surface area contributed by atoms with Gasteiger partial charge in [0, 0.05) is 31.7 Å². The zero-order chi connectivity index (χ0) is 16.2. The van der Waals surface area contributed by atoms with E-state index < -0.39 is 11.7 Å². The van der Waals surface area contributed by atoms with Crippen molar-refractivity contribution >= 4 is 11.7 Å². The first-order chi connectivity index (χ1) is 10.4. The van der Waals surface area contributed by atoms with Gasteiger partial charge in [-0.1, -0.05) is 13.3 Å². The van der Waals surface area contributed by atoms with Gasteiger partial charge in [0.1, 0.15) is 5.82 Å². The van der Waals surface area contributed by atoms with E-state index in [4.69, 9.17) is 0 Å². The summed E-state index contributed by atoms with van der Waals surface area (Å²) >= 11 is 0. The third-order valence-corrected chi connectivity index (χ3v) is 3.71. The van der Waals surface area contributed by atoms with Crippen LogP contribution < -0.4 is 10.2 Å². The zero-order valence-corrected chi connectivity index (χ0v) is 12.5. The molecule has 1 N–H and O–H groups in total. The van der Waals surface area contributed by atoms with E-state index in [0.29, 0.717) is 25.3 Å². The predicted octanol–water partition coefficient (Wildman–Crippen LogP) is 2.99. The molecule has 2 rings (SSSR count). The third kappa shape index (κ3) is 4.35. The van der Waals surface area contributed by atoms with E-state index in [1.807, 2.05) is 11.8 Å². The van der Waals surface area contributed by atoms with Gasteiger partial charge in [-0.2, -0.15) is 13.2 Å². The minimum absolute atomic E-state index is 0.0356. The Morgan fingerprint density at radius 3 is 2.82 bits per heavy atom. The van der Waals surface area contributed by atoms with Crippen LogP contribution in [0.2, 0.25) is 0 Å². The average Bonchev–Trinajstić information content (AvgIpc) is 2.93. The molecule has 1 amide bonds. The number of unbranched alkanes of at least 4 members (excludes halogenated alkanes) is 1. The van der Waals surface area contributed by atoms with E-state index in [2.05, 4.69) is 10.3 Å². The van der Waals surface area contributed by atoms with Gasteiger partial charge in [0.2, 0.25) is 5.91 Å². The number of hydrogen-bond donors (Lipinski definition) is 1. The average molecular weight is 315 g/mol. The summed E-state index contributed by atoms with van der Waals surface area (Å²) in [6, 6.07) is 2.45. The van der Waals surface area contributed by atoms with Gasteiger partial charge in [0.05, 0.1) is 5.56 Å². The van der Waals surface area contributed by atoms with Gasteiger partial charge in [-0.25, -0.2) is 4.98 Å². The highest BCUT2D eigenvalue weighted by Crippen LogP contribution is 2.29. The molecule has 122 valence electrons. The molecule has 1 aliphatic rings. The van der Waals surface area contributed by atoms with Crippen molar-refractivity contribution in [3.05, 3.63) is 23.9 Å². The fraction of sp³-hybridized carbons (Fsp3) is 0.600. The van der Waals surface area contributed by atoms with E-state index >= 15 is 0 Å². The number of halogens is 3. The molecule has 2 heterocycles. The van der Waals surface area contributed by atoms with Gasteiger partial charge in [0.15, 0.2) is 0 Å². The monoisotopic (exact) mass is 315 g/mol. The summed E-state index contributed by atoms with van der Waals surface area (Å²) in [5.74, 6) is 0.549. The highest BCUT2D eigenvalue weighted by molar-refractivity contribution is 5.76. The molecule has 1 atom stereocenters. The van der Waals surface area contributed by atoms with Gasteiger partial charge in [-0.15, -0.1) is 0 Å². The minimum Gasteiger partial charge on any atom is -0.354 e. The summed E-state index contributed by atoms with van der Waals surface area (Å²) in [5.41, 5.74) is -0.750. The van der Waals surface area contributed by atoms with Crippen molar-refractivity contribution in [1.29, 1.82) is 0 Å². The predicted molar refractivity (Wildman–Crippen MR) is 77.5 cm³/mol. The van der Waals surface area contributed by atoms with Crippen molar-refractivity contribution in [2.45, 2.75) is 44.8 Å². The molecule has 1 aliphatic heterocycles. The van der Waals surface area contributed by atoms with Crippen molar-refractivity contribution in [1.82, 2.24) is 10.3 Å². The summed E-state index contributed by atoms with van der Waals surface area (Å²) in [7, 11) is 0. The van der Waals surface area contributed by atoms with Gasteiger partial charge in [-0.3, -0.25) is 4.79 Å². The Balaban J connectivity index is 1.89. The minimum atomic E-state index is -4.37. The molecule has 1 unspecified atom stereocenters. The van der Waals surface area contributed by atoms with E-state index in [0.717, 1.165) is 31.5 Å². The second-order valence-corrected chi connectivity index (χ2v) is 5.51. The smallest absolute Gasteiger partial charge is 0.354 e. The molecular formula is C15H20F3N3O. The van der Waals surface area contributed by atoms with E-state index in [1.54, 1.807) is 0 Å². The number of nitrogens with zero attached hydrogens (tertiary/aromatic N) is 2. The van der Waals surface area contributed by atoms with E-state index in [1.165, 1.54) is 6.07 Å². The molecule has 0 aliphatic carbocycles. The number of nitrogens with one attached hydrogen (secondary N) is 1.